The van der Waals surface area contributed by atoms with Gasteiger partial charge in [-0.3, -0.25) is 4.79 Å². The van der Waals surface area contributed by atoms with Gasteiger partial charge in [-0.25, -0.2) is 9.78 Å². The van der Waals surface area contributed by atoms with Crippen LogP contribution in [0.2, 0.25) is 0 Å². The molecular weight excluding hydrogens is 422 g/mol. The summed E-state index contributed by atoms with van der Waals surface area (Å²) in [6.07, 6.45) is 0.332. The number of nitrogens with one attached hydrogen (secondary N) is 1. The molecule has 1 aliphatic heterocycles. The summed E-state index contributed by atoms with van der Waals surface area (Å²) >= 11 is 0. The first-order valence-electron chi connectivity index (χ1n) is 10.6. The van der Waals surface area contributed by atoms with Gasteiger partial charge < -0.3 is 24.4 Å². The monoisotopic (exact) mass is 447 g/mol. The molecule has 33 heavy (non-hydrogen) atoms. The van der Waals surface area contributed by atoms with E-state index in [2.05, 4.69) is 15.2 Å². The Labute approximate surface area is 192 Å². The number of pyridine rings is 1. The summed E-state index contributed by atoms with van der Waals surface area (Å²) in [5, 5.41) is 2.79. The number of benzene rings is 2. The third-order valence-electron chi connectivity index (χ3n) is 5.22. The molecule has 1 aromatic heterocycles. The van der Waals surface area contributed by atoms with Crippen LogP contribution in [0.3, 0.4) is 0 Å². The van der Waals surface area contributed by atoms with Crippen molar-refractivity contribution < 1.29 is 23.8 Å². The average Bonchev–Trinajstić information content (AvgIpc) is 2.88. The quantitative estimate of drug-likeness (QED) is 0.555. The van der Waals surface area contributed by atoms with Gasteiger partial charge in [0.25, 0.3) is 5.91 Å². The first-order chi connectivity index (χ1) is 16.1. The molecule has 2 aromatic carbocycles. The van der Waals surface area contributed by atoms with E-state index >= 15 is 0 Å². The molecule has 1 saturated heterocycles. The summed E-state index contributed by atoms with van der Waals surface area (Å²) in [6.45, 7) is 2.79. The Morgan fingerprint density at radius 3 is 2.52 bits per heavy atom. The third-order valence-corrected chi connectivity index (χ3v) is 5.22. The molecule has 0 bridgehead atoms. The number of rotatable bonds is 7. The van der Waals surface area contributed by atoms with Crippen LogP contribution < -0.4 is 15.0 Å². The molecule has 1 aliphatic rings. The molecule has 170 valence electrons. The molecule has 3 aromatic rings. The Hall–Kier alpha value is -3.91. The smallest absolute Gasteiger partial charge is 0.340 e. The standard InChI is InChI=1S/C25H25N3O5/c1-31-21-9-5-8-20(16-21)27-24(29)23(18-6-3-2-4-7-18)33-25(30)19-10-11-22(26-17-19)28-12-14-32-15-13-28/h2-11,16-17,23H,12-15H2,1H3,(H,27,29). The number of amides is 1. The minimum atomic E-state index is -1.14. The zero-order valence-corrected chi connectivity index (χ0v) is 18.3. The number of ether oxygens (including phenoxy) is 3. The van der Waals surface area contributed by atoms with Crippen molar-refractivity contribution in [3.63, 3.8) is 0 Å². The molecule has 0 radical (unpaired) electrons. The third kappa shape index (κ3) is 5.67. The molecule has 0 spiro atoms. The Bertz CT molecular complexity index is 1080. The van der Waals surface area contributed by atoms with Gasteiger partial charge in [0.1, 0.15) is 11.6 Å². The lowest BCUT2D eigenvalue weighted by atomic mass is 10.1. The fraction of sp³-hybridized carbons (Fsp3) is 0.240. The van der Waals surface area contributed by atoms with Gasteiger partial charge in [0, 0.05) is 36.6 Å². The van der Waals surface area contributed by atoms with Gasteiger partial charge in [-0.1, -0.05) is 36.4 Å². The predicted octanol–water partition coefficient (Wildman–Crippen LogP) is 3.46. The normalized spacial score (nSPS) is 14.3. The van der Waals surface area contributed by atoms with Crippen LogP contribution in [0.15, 0.2) is 72.9 Å². The lowest BCUT2D eigenvalue weighted by Crippen LogP contribution is -2.36. The Morgan fingerprint density at radius 1 is 1.03 bits per heavy atom. The van der Waals surface area contributed by atoms with E-state index in [0.29, 0.717) is 30.2 Å². The zero-order chi connectivity index (χ0) is 23.0. The zero-order valence-electron chi connectivity index (χ0n) is 18.3. The number of morpholine rings is 1. The van der Waals surface area contributed by atoms with Crippen molar-refractivity contribution in [2.24, 2.45) is 0 Å². The van der Waals surface area contributed by atoms with Crippen molar-refractivity contribution in [1.29, 1.82) is 0 Å². The van der Waals surface area contributed by atoms with Crippen molar-refractivity contribution in [1.82, 2.24) is 4.98 Å². The highest BCUT2D eigenvalue weighted by molar-refractivity contribution is 5.98. The summed E-state index contributed by atoms with van der Waals surface area (Å²) < 4.78 is 16.2. The largest absolute Gasteiger partial charge is 0.497 e. The van der Waals surface area contributed by atoms with Crippen LogP contribution in [0.4, 0.5) is 11.5 Å². The molecule has 1 atom stereocenters. The molecule has 2 heterocycles. The maximum atomic E-state index is 13.1. The fourth-order valence-electron chi connectivity index (χ4n) is 3.47. The number of anilines is 2. The number of hydrogen-bond donors (Lipinski definition) is 1. The SMILES string of the molecule is COc1cccc(NC(=O)C(OC(=O)c2ccc(N3CCOCC3)nc2)c2ccccc2)c1. The van der Waals surface area contributed by atoms with Gasteiger partial charge in [-0.05, 0) is 24.3 Å². The number of nitrogens with zero attached hydrogens (tertiary/aromatic N) is 2. The van der Waals surface area contributed by atoms with Gasteiger partial charge in [-0.2, -0.15) is 0 Å². The first-order valence-corrected chi connectivity index (χ1v) is 10.6. The number of esters is 1. The van der Waals surface area contributed by atoms with Crippen LogP contribution in [0.25, 0.3) is 0 Å². The van der Waals surface area contributed by atoms with Crippen molar-refractivity contribution in [3.05, 3.63) is 84.1 Å². The van der Waals surface area contributed by atoms with Gasteiger partial charge >= 0.3 is 5.97 Å². The Kier molecular flexibility index (Phi) is 7.16. The molecule has 8 nitrogen and oxygen atoms in total. The van der Waals surface area contributed by atoms with E-state index in [1.807, 2.05) is 6.07 Å². The second-order valence-corrected chi connectivity index (χ2v) is 7.42. The highest BCUT2D eigenvalue weighted by Gasteiger charge is 2.26. The topological polar surface area (TPSA) is 90.0 Å². The van der Waals surface area contributed by atoms with Gasteiger partial charge in [0.15, 0.2) is 0 Å². The van der Waals surface area contributed by atoms with Crippen LogP contribution in [-0.2, 0) is 14.3 Å². The summed E-state index contributed by atoms with van der Waals surface area (Å²) in [5.41, 5.74) is 1.36. The second-order valence-electron chi connectivity index (χ2n) is 7.42. The molecule has 1 unspecified atom stereocenters. The van der Waals surface area contributed by atoms with Crippen molar-refractivity contribution in [3.8, 4) is 5.75 Å². The molecule has 0 saturated carbocycles. The van der Waals surface area contributed by atoms with Crippen LogP contribution in [-0.4, -0.2) is 50.3 Å². The number of aromatic nitrogens is 1. The summed E-state index contributed by atoms with van der Waals surface area (Å²) in [7, 11) is 1.55. The predicted molar refractivity (Wildman–Crippen MR) is 123 cm³/mol. The Balaban J connectivity index is 1.50. The lowest BCUT2D eigenvalue weighted by Gasteiger charge is -2.27. The van der Waals surface area contributed by atoms with Crippen LogP contribution in [0.1, 0.15) is 22.0 Å². The molecule has 1 N–H and O–H groups in total. The van der Waals surface area contributed by atoms with Crippen molar-refractivity contribution in [2.45, 2.75) is 6.10 Å². The lowest BCUT2D eigenvalue weighted by molar-refractivity contribution is -0.125. The number of carbonyl (C=O) groups is 2. The first kappa shape index (κ1) is 22.3. The van der Waals surface area contributed by atoms with Gasteiger partial charge in [0.05, 0.1) is 25.9 Å². The molecule has 1 fully saturated rings. The van der Waals surface area contributed by atoms with E-state index in [4.69, 9.17) is 14.2 Å². The van der Waals surface area contributed by atoms with Gasteiger partial charge in [0.2, 0.25) is 6.10 Å². The number of carbonyl (C=O) groups excluding carboxylic acids is 2. The summed E-state index contributed by atoms with van der Waals surface area (Å²) in [6, 6.07) is 19.3. The highest BCUT2D eigenvalue weighted by atomic mass is 16.5. The van der Waals surface area contributed by atoms with Crippen molar-refractivity contribution >= 4 is 23.4 Å². The number of hydrogen-bond acceptors (Lipinski definition) is 7. The Morgan fingerprint density at radius 2 is 1.82 bits per heavy atom. The van der Waals surface area contributed by atoms with E-state index < -0.39 is 18.0 Å². The van der Waals surface area contributed by atoms with E-state index in [1.165, 1.54) is 6.20 Å². The van der Waals surface area contributed by atoms with Crippen molar-refractivity contribution in [2.75, 3.05) is 43.6 Å². The highest BCUT2D eigenvalue weighted by Crippen LogP contribution is 2.24. The average molecular weight is 447 g/mol. The summed E-state index contributed by atoms with van der Waals surface area (Å²) in [4.78, 5) is 32.4. The summed E-state index contributed by atoms with van der Waals surface area (Å²) in [5.74, 6) is 0.268. The van der Waals surface area contributed by atoms with E-state index in [9.17, 15) is 9.59 Å². The van der Waals surface area contributed by atoms with Crippen LogP contribution in [0.5, 0.6) is 5.75 Å². The van der Waals surface area contributed by atoms with E-state index in [-0.39, 0.29) is 5.56 Å². The van der Waals surface area contributed by atoms with E-state index in [0.717, 1.165) is 18.9 Å². The number of methoxy groups -OCH3 is 1. The molecule has 0 aliphatic carbocycles. The minimum Gasteiger partial charge on any atom is -0.497 e. The fourth-order valence-corrected chi connectivity index (χ4v) is 3.47. The van der Waals surface area contributed by atoms with E-state index in [1.54, 1.807) is 67.8 Å². The molecular formula is C25H25N3O5. The molecule has 1 amide bonds. The molecule has 8 heteroatoms. The minimum absolute atomic E-state index is 0.266. The maximum Gasteiger partial charge on any atom is 0.340 e. The van der Waals surface area contributed by atoms with Crippen LogP contribution >= 0.6 is 0 Å². The molecule has 4 rings (SSSR count). The second kappa shape index (κ2) is 10.6. The van der Waals surface area contributed by atoms with Crippen LogP contribution in [0, 0.1) is 0 Å². The maximum absolute atomic E-state index is 13.1. The van der Waals surface area contributed by atoms with Gasteiger partial charge in [-0.15, -0.1) is 0 Å².